The Morgan fingerprint density at radius 2 is 2.29 bits per heavy atom. The highest BCUT2D eigenvalue weighted by Gasteiger charge is 2.43. The molecule has 0 aromatic carbocycles. The average molecular weight is 253 g/mol. The van der Waals surface area contributed by atoms with Gasteiger partial charge in [-0.2, -0.15) is 11.3 Å². The van der Waals surface area contributed by atoms with Gasteiger partial charge in [-0.1, -0.05) is 0 Å². The number of nitrogens with one attached hydrogen (secondary N) is 1. The van der Waals surface area contributed by atoms with E-state index < -0.39 is 0 Å². The molecule has 2 atom stereocenters. The number of morpholine rings is 1. The van der Waals surface area contributed by atoms with Crippen molar-refractivity contribution in [3.05, 3.63) is 22.4 Å². The summed E-state index contributed by atoms with van der Waals surface area (Å²) in [6, 6.07) is 2.55. The number of thiophene rings is 1. The van der Waals surface area contributed by atoms with Crippen molar-refractivity contribution in [1.29, 1.82) is 0 Å². The van der Waals surface area contributed by atoms with Gasteiger partial charge in [0.05, 0.1) is 18.2 Å². The molecule has 3 nitrogen and oxygen atoms in total. The lowest BCUT2D eigenvalue weighted by Crippen LogP contribution is -2.52. The SMILES string of the molecule is c1cc(C2NCCOC23CCCOCC3)cs1. The van der Waals surface area contributed by atoms with Gasteiger partial charge in [-0.15, -0.1) is 0 Å². The molecule has 0 radical (unpaired) electrons. The summed E-state index contributed by atoms with van der Waals surface area (Å²) in [5.41, 5.74) is 1.33. The van der Waals surface area contributed by atoms with Crippen molar-refractivity contribution in [2.75, 3.05) is 26.4 Å². The third-order valence-electron chi connectivity index (χ3n) is 3.80. The van der Waals surface area contributed by atoms with Crippen LogP contribution < -0.4 is 5.32 Å². The lowest BCUT2D eigenvalue weighted by molar-refractivity contribution is -0.108. The smallest absolute Gasteiger partial charge is 0.0899 e. The fraction of sp³-hybridized carbons (Fsp3) is 0.692. The Kier molecular flexibility index (Phi) is 3.47. The first-order chi connectivity index (χ1) is 8.41. The Morgan fingerprint density at radius 3 is 3.18 bits per heavy atom. The van der Waals surface area contributed by atoms with Crippen LogP contribution in [-0.2, 0) is 9.47 Å². The molecule has 0 aliphatic carbocycles. The minimum absolute atomic E-state index is 0.0458. The van der Waals surface area contributed by atoms with Gasteiger partial charge in [-0.3, -0.25) is 0 Å². The second-order valence-corrected chi connectivity index (χ2v) is 5.60. The van der Waals surface area contributed by atoms with Crippen LogP contribution in [0, 0.1) is 0 Å². The Labute approximate surface area is 106 Å². The van der Waals surface area contributed by atoms with Crippen molar-refractivity contribution in [1.82, 2.24) is 5.32 Å². The fourth-order valence-electron chi connectivity index (χ4n) is 2.97. The molecule has 17 heavy (non-hydrogen) atoms. The summed E-state index contributed by atoms with van der Waals surface area (Å²) in [5, 5.41) is 8.02. The first-order valence-corrected chi connectivity index (χ1v) is 7.32. The summed E-state index contributed by atoms with van der Waals surface area (Å²) in [4.78, 5) is 0. The normalized spacial score (nSPS) is 34.7. The van der Waals surface area contributed by atoms with E-state index in [0.29, 0.717) is 6.04 Å². The van der Waals surface area contributed by atoms with Crippen LogP contribution in [0.25, 0.3) is 0 Å². The zero-order valence-corrected chi connectivity index (χ0v) is 10.8. The minimum Gasteiger partial charge on any atom is -0.381 e. The zero-order valence-electron chi connectivity index (χ0n) is 9.98. The third kappa shape index (κ3) is 2.27. The molecule has 94 valence electrons. The molecule has 1 aromatic heterocycles. The molecule has 2 aliphatic rings. The third-order valence-corrected chi connectivity index (χ3v) is 4.50. The van der Waals surface area contributed by atoms with E-state index in [1.807, 2.05) is 0 Å². The first-order valence-electron chi connectivity index (χ1n) is 6.38. The lowest BCUT2D eigenvalue weighted by atomic mass is 9.82. The van der Waals surface area contributed by atoms with Crippen LogP contribution in [0.15, 0.2) is 16.8 Å². The summed E-state index contributed by atoms with van der Waals surface area (Å²) in [5.74, 6) is 0. The van der Waals surface area contributed by atoms with Gasteiger partial charge in [0.2, 0.25) is 0 Å². The second-order valence-electron chi connectivity index (χ2n) is 4.82. The number of rotatable bonds is 1. The van der Waals surface area contributed by atoms with Gasteiger partial charge in [-0.05, 0) is 35.2 Å². The van der Waals surface area contributed by atoms with E-state index in [9.17, 15) is 0 Å². The standard InChI is InChI=1S/C13H19NO2S/c1-3-13(4-7-15-6-1)12(14-5-8-16-13)11-2-9-17-10-11/h2,9-10,12,14H,1,3-8H2. The van der Waals surface area contributed by atoms with Crippen LogP contribution >= 0.6 is 11.3 Å². The first kappa shape index (κ1) is 11.7. The largest absolute Gasteiger partial charge is 0.381 e. The number of ether oxygens (including phenoxy) is 2. The molecule has 2 saturated heterocycles. The molecule has 4 heteroatoms. The Bertz CT molecular complexity index is 344. The van der Waals surface area contributed by atoms with Crippen molar-refractivity contribution in [2.24, 2.45) is 0 Å². The average Bonchev–Trinajstić information content (AvgIpc) is 2.79. The molecule has 0 saturated carbocycles. The monoisotopic (exact) mass is 253 g/mol. The molecule has 0 bridgehead atoms. The predicted octanol–water partition coefficient (Wildman–Crippen LogP) is 2.35. The Morgan fingerprint density at radius 1 is 1.29 bits per heavy atom. The van der Waals surface area contributed by atoms with Crippen molar-refractivity contribution in [3.63, 3.8) is 0 Å². The molecular weight excluding hydrogens is 234 g/mol. The van der Waals surface area contributed by atoms with Crippen LogP contribution in [-0.4, -0.2) is 32.0 Å². The molecule has 0 amide bonds. The molecule has 2 unspecified atom stereocenters. The van der Waals surface area contributed by atoms with Crippen LogP contribution in [0.5, 0.6) is 0 Å². The molecular formula is C13H19NO2S. The molecule has 1 spiro atoms. The summed E-state index contributed by atoms with van der Waals surface area (Å²) in [7, 11) is 0. The highest BCUT2D eigenvalue weighted by Crippen LogP contribution is 2.40. The van der Waals surface area contributed by atoms with E-state index in [4.69, 9.17) is 9.47 Å². The highest BCUT2D eigenvalue weighted by molar-refractivity contribution is 7.07. The van der Waals surface area contributed by atoms with Gasteiger partial charge in [0.15, 0.2) is 0 Å². The van der Waals surface area contributed by atoms with Gasteiger partial charge in [0.1, 0.15) is 0 Å². The maximum Gasteiger partial charge on any atom is 0.0899 e. The maximum atomic E-state index is 6.18. The van der Waals surface area contributed by atoms with Gasteiger partial charge in [0, 0.05) is 26.2 Å². The summed E-state index contributed by atoms with van der Waals surface area (Å²) >= 11 is 1.76. The van der Waals surface area contributed by atoms with Crippen molar-refractivity contribution < 1.29 is 9.47 Å². The fourth-order valence-corrected chi connectivity index (χ4v) is 3.65. The predicted molar refractivity (Wildman–Crippen MR) is 68.4 cm³/mol. The van der Waals surface area contributed by atoms with Gasteiger partial charge in [-0.25, -0.2) is 0 Å². The molecule has 3 heterocycles. The van der Waals surface area contributed by atoms with Crippen molar-refractivity contribution in [2.45, 2.75) is 30.9 Å². The van der Waals surface area contributed by atoms with E-state index in [1.165, 1.54) is 5.56 Å². The summed E-state index contributed by atoms with van der Waals surface area (Å²) in [6.45, 7) is 3.47. The second kappa shape index (κ2) is 5.06. The number of hydrogen-bond acceptors (Lipinski definition) is 4. The van der Waals surface area contributed by atoms with E-state index in [-0.39, 0.29) is 5.60 Å². The topological polar surface area (TPSA) is 30.5 Å². The molecule has 2 aliphatic heterocycles. The summed E-state index contributed by atoms with van der Waals surface area (Å²) < 4.78 is 11.8. The van der Waals surface area contributed by atoms with Crippen LogP contribution in [0.4, 0.5) is 0 Å². The molecule has 3 rings (SSSR count). The maximum absolute atomic E-state index is 6.18. The molecule has 2 fully saturated rings. The lowest BCUT2D eigenvalue weighted by Gasteiger charge is -2.44. The van der Waals surface area contributed by atoms with E-state index >= 15 is 0 Å². The molecule has 1 N–H and O–H groups in total. The van der Waals surface area contributed by atoms with E-state index in [0.717, 1.165) is 45.6 Å². The highest BCUT2D eigenvalue weighted by atomic mass is 32.1. The Balaban J connectivity index is 1.87. The summed E-state index contributed by atoms with van der Waals surface area (Å²) in [6.07, 6.45) is 3.20. The molecule has 1 aromatic rings. The van der Waals surface area contributed by atoms with Gasteiger partial charge >= 0.3 is 0 Å². The number of hydrogen-bond donors (Lipinski definition) is 1. The van der Waals surface area contributed by atoms with Crippen molar-refractivity contribution in [3.8, 4) is 0 Å². The van der Waals surface area contributed by atoms with Gasteiger partial charge < -0.3 is 14.8 Å². The Hall–Kier alpha value is -0.420. The zero-order chi connectivity index (χ0) is 11.6. The minimum atomic E-state index is -0.0458. The van der Waals surface area contributed by atoms with Crippen molar-refractivity contribution >= 4 is 11.3 Å². The van der Waals surface area contributed by atoms with Crippen LogP contribution in [0.1, 0.15) is 30.9 Å². The quantitative estimate of drug-likeness (QED) is 0.833. The van der Waals surface area contributed by atoms with Crippen LogP contribution in [0.2, 0.25) is 0 Å². The van der Waals surface area contributed by atoms with E-state index in [1.54, 1.807) is 11.3 Å². The van der Waals surface area contributed by atoms with Crippen LogP contribution in [0.3, 0.4) is 0 Å². The van der Waals surface area contributed by atoms with Gasteiger partial charge in [0.25, 0.3) is 0 Å². The van der Waals surface area contributed by atoms with E-state index in [2.05, 4.69) is 22.1 Å².